The lowest BCUT2D eigenvalue weighted by atomic mass is 9.97. The molecule has 0 aliphatic carbocycles. The van der Waals surface area contributed by atoms with E-state index in [1.807, 2.05) is 66.7 Å². The Kier molecular flexibility index (Phi) is 7.58. The molecule has 5 nitrogen and oxygen atoms in total. The summed E-state index contributed by atoms with van der Waals surface area (Å²) in [6, 6.07) is 21.8. The molecule has 0 atom stereocenters. The molecule has 0 aromatic heterocycles. The minimum atomic E-state index is -0.416. The molecule has 6 heteroatoms. The zero-order chi connectivity index (χ0) is 22.3. The van der Waals surface area contributed by atoms with Gasteiger partial charge in [0.15, 0.2) is 0 Å². The van der Waals surface area contributed by atoms with Gasteiger partial charge < -0.3 is 14.2 Å². The van der Waals surface area contributed by atoms with Crippen molar-refractivity contribution in [1.82, 2.24) is 4.90 Å². The van der Waals surface area contributed by atoms with Gasteiger partial charge in [-0.3, -0.25) is 4.90 Å². The predicted octanol–water partition coefficient (Wildman–Crippen LogP) is 5.31. The van der Waals surface area contributed by atoms with Crippen LogP contribution in [0.25, 0.3) is 11.1 Å². The van der Waals surface area contributed by atoms with Crippen molar-refractivity contribution in [2.24, 2.45) is 0 Å². The summed E-state index contributed by atoms with van der Waals surface area (Å²) < 4.78 is 17.8. The Morgan fingerprint density at radius 1 is 1.03 bits per heavy atom. The van der Waals surface area contributed by atoms with Crippen LogP contribution in [-0.2, 0) is 22.6 Å². The van der Waals surface area contributed by atoms with E-state index in [2.05, 4.69) is 20.8 Å². The number of hydrogen-bond donors (Lipinski definition) is 0. The summed E-state index contributed by atoms with van der Waals surface area (Å²) in [7, 11) is 1.40. The molecule has 0 radical (unpaired) electrons. The Hall–Kier alpha value is -2.67. The van der Waals surface area contributed by atoms with Gasteiger partial charge in [0.25, 0.3) is 0 Å². The first kappa shape index (κ1) is 22.5. The maximum Gasteiger partial charge on any atom is 0.341 e. The second-order valence-electron chi connectivity index (χ2n) is 7.62. The summed E-state index contributed by atoms with van der Waals surface area (Å²) in [6.07, 6.45) is 0. The Morgan fingerprint density at radius 3 is 2.34 bits per heavy atom. The summed E-state index contributed by atoms with van der Waals surface area (Å²) in [4.78, 5) is 15.2. The van der Waals surface area contributed by atoms with E-state index in [0.717, 1.165) is 39.8 Å². The van der Waals surface area contributed by atoms with E-state index in [4.69, 9.17) is 14.2 Å². The zero-order valence-corrected chi connectivity index (χ0v) is 19.6. The van der Waals surface area contributed by atoms with Crippen LogP contribution in [0.3, 0.4) is 0 Å². The molecule has 166 valence electrons. The fourth-order valence-electron chi connectivity index (χ4n) is 3.82. The summed E-state index contributed by atoms with van der Waals surface area (Å²) in [5, 5.41) is 0. The molecular weight excluding hydrogens is 470 g/mol. The van der Waals surface area contributed by atoms with Crippen LogP contribution in [0.15, 0.2) is 71.2 Å². The Balaban J connectivity index is 1.81. The first-order valence-electron chi connectivity index (χ1n) is 10.6. The van der Waals surface area contributed by atoms with Crippen molar-refractivity contribution in [3.63, 3.8) is 0 Å². The molecule has 3 aromatic rings. The smallest absolute Gasteiger partial charge is 0.341 e. The SMILES string of the molecule is COC(=O)c1cc(CN2CCOCC2)c(Br)c(-c2ccccc2)c1OCc1ccccc1. The monoisotopic (exact) mass is 495 g/mol. The van der Waals surface area contributed by atoms with Crippen molar-refractivity contribution in [2.45, 2.75) is 13.2 Å². The van der Waals surface area contributed by atoms with Gasteiger partial charge in [-0.1, -0.05) is 60.7 Å². The fraction of sp³-hybridized carbons (Fsp3) is 0.269. The fourth-order valence-corrected chi connectivity index (χ4v) is 4.47. The minimum Gasteiger partial charge on any atom is -0.487 e. The molecule has 1 aliphatic rings. The van der Waals surface area contributed by atoms with Gasteiger partial charge in [-0.2, -0.15) is 0 Å². The third-order valence-corrected chi connectivity index (χ3v) is 6.39. The quantitative estimate of drug-likeness (QED) is 0.415. The topological polar surface area (TPSA) is 48.0 Å². The largest absolute Gasteiger partial charge is 0.487 e. The van der Waals surface area contributed by atoms with Gasteiger partial charge >= 0.3 is 5.97 Å². The second kappa shape index (κ2) is 10.8. The normalized spacial score (nSPS) is 14.2. The average Bonchev–Trinajstić information content (AvgIpc) is 2.85. The Bertz CT molecular complexity index is 1050. The molecule has 1 fully saturated rings. The van der Waals surface area contributed by atoms with Crippen molar-refractivity contribution >= 4 is 21.9 Å². The highest BCUT2D eigenvalue weighted by molar-refractivity contribution is 9.10. The molecule has 1 saturated heterocycles. The van der Waals surface area contributed by atoms with Gasteiger partial charge in [-0.05, 0) is 38.7 Å². The van der Waals surface area contributed by atoms with Crippen molar-refractivity contribution < 1.29 is 19.0 Å². The molecule has 4 rings (SSSR count). The van der Waals surface area contributed by atoms with Crippen LogP contribution < -0.4 is 4.74 Å². The molecule has 32 heavy (non-hydrogen) atoms. The molecule has 0 N–H and O–H groups in total. The highest BCUT2D eigenvalue weighted by atomic mass is 79.9. The maximum absolute atomic E-state index is 12.8. The van der Waals surface area contributed by atoms with Crippen molar-refractivity contribution in [1.29, 1.82) is 0 Å². The number of halogens is 1. The van der Waals surface area contributed by atoms with Crippen LogP contribution in [0, 0.1) is 0 Å². The van der Waals surface area contributed by atoms with E-state index in [-0.39, 0.29) is 0 Å². The molecule has 0 saturated carbocycles. The number of nitrogens with zero attached hydrogens (tertiary/aromatic N) is 1. The van der Waals surface area contributed by atoms with Gasteiger partial charge in [0.2, 0.25) is 0 Å². The lowest BCUT2D eigenvalue weighted by Gasteiger charge is -2.28. The lowest BCUT2D eigenvalue weighted by molar-refractivity contribution is 0.0340. The number of carbonyl (C=O) groups excluding carboxylic acids is 1. The highest BCUT2D eigenvalue weighted by Gasteiger charge is 2.25. The first-order valence-corrected chi connectivity index (χ1v) is 11.4. The van der Waals surface area contributed by atoms with Gasteiger partial charge in [0, 0.05) is 29.7 Å². The van der Waals surface area contributed by atoms with E-state index < -0.39 is 5.97 Å². The van der Waals surface area contributed by atoms with Gasteiger partial charge in [-0.25, -0.2) is 4.79 Å². The van der Waals surface area contributed by atoms with E-state index in [0.29, 0.717) is 37.7 Å². The molecular formula is C26H26BrNO4. The van der Waals surface area contributed by atoms with E-state index in [1.54, 1.807) is 0 Å². The van der Waals surface area contributed by atoms with Crippen LogP contribution in [0.1, 0.15) is 21.5 Å². The summed E-state index contributed by atoms with van der Waals surface area (Å²) in [5.74, 6) is 0.102. The first-order chi connectivity index (χ1) is 15.7. The van der Waals surface area contributed by atoms with Crippen LogP contribution in [-0.4, -0.2) is 44.3 Å². The highest BCUT2D eigenvalue weighted by Crippen LogP contribution is 2.43. The van der Waals surface area contributed by atoms with Crippen molar-refractivity contribution in [2.75, 3.05) is 33.4 Å². The molecule has 0 spiro atoms. The number of morpholine rings is 1. The number of rotatable bonds is 7. The van der Waals surface area contributed by atoms with Gasteiger partial charge in [0.1, 0.15) is 17.9 Å². The molecule has 1 heterocycles. The molecule has 0 amide bonds. The van der Waals surface area contributed by atoms with E-state index >= 15 is 0 Å². The van der Waals surface area contributed by atoms with Crippen LogP contribution in [0.2, 0.25) is 0 Å². The number of benzene rings is 3. The standard InChI is InChI=1S/C26H26BrNO4/c1-30-26(29)22-16-21(17-28-12-14-31-15-13-28)24(27)23(20-10-6-3-7-11-20)25(22)32-18-19-8-4-2-5-9-19/h2-11,16H,12-15,17-18H2,1H3. The van der Waals surface area contributed by atoms with E-state index in [1.165, 1.54) is 7.11 Å². The minimum absolute atomic E-state index is 0.347. The Labute approximate surface area is 197 Å². The predicted molar refractivity (Wildman–Crippen MR) is 128 cm³/mol. The molecule has 1 aliphatic heterocycles. The van der Waals surface area contributed by atoms with Crippen LogP contribution in [0.5, 0.6) is 5.75 Å². The molecule has 0 unspecified atom stereocenters. The summed E-state index contributed by atoms with van der Waals surface area (Å²) >= 11 is 3.84. The zero-order valence-electron chi connectivity index (χ0n) is 18.1. The number of hydrogen-bond acceptors (Lipinski definition) is 5. The Morgan fingerprint density at radius 2 is 1.69 bits per heavy atom. The summed E-state index contributed by atoms with van der Waals surface area (Å²) in [5.41, 5.74) is 4.28. The second-order valence-corrected chi connectivity index (χ2v) is 8.41. The van der Waals surface area contributed by atoms with Crippen molar-refractivity contribution in [3.8, 4) is 16.9 Å². The third-order valence-electron chi connectivity index (χ3n) is 5.48. The van der Waals surface area contributed by atoms with Crippen LogP contribution in [0.4, 0.5) is 0 Å². The number of ether oxygens (including phenoxy) is 3. The molecule has 3 aromatic carbocycles. The summed E-state index contributed by atoms with van der Waals surface area (Å²) in [6.45, 7) is 4.18. The number of methoxy groups -OCH3 is 1. The third kappa shape index (κ3) is 5.21. The van der Waals surface area contributed by atoms with Gasteiger partial charge in [-0.15, -0.1) is 0 Å². The molecule has 0 bridgehead atoms. The van der Waals surface area contributed by atoms with Gasteiger partial charge in [0.05, 0.1) is 20.3 Å². The number of esters is 1. The van der Waals surface area contributed by atoms with E-state index in [9.17, 15) is 4.79 Å². The maximum atomic E-state index is 12.8. The average molecular weight is 496 g/mol. The lowest BCUT2D eigenvalue weighted by Crippen LogP contribution is -2.35. The van der Waals surface area contributed by atoms with Crippen molar-refractivity contribution in [3.05, 3.63) is 87.9 Å². The number of carbonyl (C=O) groups is 1. The van der Waals surface area contributed by atoms with Crippen LogP contribution >= 0.6 is 15.9 Å².